The van der Waals surface area contributed by atoms with Crippen molar-refractivity contribution in [3.63, 3.8) is 0 Å². The molecule has 0 aromatic carbocycles. The normalized spacial score (nSPS) is 45.0. The zero-order valence-electron chi connectivity index (χ0n) is 7.44. The molecular weight excluding hydrogens is 136 g/mol. The van der Waals surface area contributed by atoms with Crippen LogP contribution in [0.2, 0.25) is 0 Å². The Bertz CT molecular complexity index is 144. The van der Waals surface area contributed by atoms with Crippen LogP contribution in [0.25, 0.3) is 0 Å². The lowest BCUT2D eigenvalue weighted by Gasteiger charge is -2.27. The molecule has 1 saturated heterocycles. The van der Waals surface area contributed by atoms with Gasteiger partial charge in [-0.15, -0.1) is 0 Å². The van der Waals surface area contributed by atoms with E-state index in [-0.39, 0.29) is 0 Å². The van der Waals surface area contributed by atoms with Gasteiger partial charge in [-0.1, -0.05) is 26.2 Å². The van der Waals surface area contributed by atoms with E-state index in [9.17, 15) is 0 Å². The van der Waals surface area contributed by atoms with Crippen molar-refractivity contribution in [3.05, 3.63) is 0 Å². The van der Waals surface area contributed by atoms with Crippen molar-refractivity contribution < 1.29 is 4.74 Å². The van der Waals surface area contributed by atoms with Gasteiger partial charge in [-0.3, -0.25) is 0 Å². The number of ether oxygens (including phenoxy) is 1. The summed E-state index contributed by atoms with van der Waals surface area (Å²) in [5, 5.41) is 0. The van der Waals surface area contributed by atoms with Crippen LogP contribution in [0.3, 0.4) is 0 Å². The van der Waals surface area contributed by atoms with Crippen LogP contribution in [0.1, 0.15) is 45.4 Å². The maximum absolute atomic E-state index is 5.74. The summed E-state index contributed by atoms with van der Waals surface area (Å²) >= 11 is 0. The second-order valence-corrected chi connectivity index (χ2v) is 4.36. The van der Waals surface area contributed by atoms with Crippen LogP contribution in [-0.4, -0.2) is 12.7 Å². The van der Waals surface area contributed by atoms with E-state index in [1.165, 1.54) is 38.5 Å². The van der Waals surface area contributed by atoms with Gasteiger partial charge in [0.05, 0.1) is 6.10 Å². The largest absolute Gasteiger partial charge is 0.378 e. The Labute approximate surface area is 69.1 Å². The second kappa shape index (κ2) is 2.78. The zero-order valence-corrected chi connectivity index (χ0v) is 7.44. The third-order valence-electron chi connectivity index (χ3n) is 3.48. The minimum Gasteiger partial charge on any atom is -0.378 e. The third kappa shape index (κ3) is 1.31. The van der Waals surface area contributed by atoms with Gasteiger partial charge in [0.25, 0.3) is 0 Å². The molecule has 0 radical (unpaired) electrons. The Morgan fingerprint density at radius 1 is 1.18 bits per heavy atom. The fourth-order valence-corrected chi connectivity index (χ4v) is 2.55. The molecule has 1 aliphatic heterocycles. The van der Waals surface area contributed by atoms with Gasteiger partial charge in [-0.25, -0.2) is 0 Å². The highest BCUT2D eigenvalue weighted by molar-refractivity contribution is 4.89. The molecular formula is C10H18O. The Balaban J connectivity index is 2.09. The van der Waals surface area contributed by atoms with E-state index >= 15 is 0 Å². The van der Waals surface area contributed by atoms with Crippen molar-refractivity contribution in [3.8, 4) is 0 Å². The fourth-order valence-electron chi connectivity index (χ4n) is 2.55. The number of hydrogen-bond donors (Lipinski definition) is 0. The first-order valence-corrected chi connectivity index (χ1v) is 4.93. The minimum atomic E-state index is 0.552. The first-order chi connectivity index (χ1) is 5.31. The van der Waals surface area contributed by atoms with Crippen LogP contribution in [0.15, 0.2) is 0 Å². The van der Waals surface area contributed by atoms with E-state index in [4.69, 9.17) is 4.74 Å². The maximum Gasteiger partial charge on any atom is 0.0629 e. The van der Waals surface area contributed by atoms with Gasteiger partial charge < -0.3 is 4.74 Å². The molecule has 2 rings (SSSR count). The van der Waals surface area contributed by atoms with Crippen LogP contribution in [0.5, 0.6) is 0 Å². The first kappa shape index (κ1) is 7.60. The summed E-state index contributed by atoms with van der Waals surface area (Å²) in [5.74, 6) is 0. The van der Waals surface area contributed by atoms with Gasteiger partial charge in [-0.2, -0.15) is 0 Å². The van der Waals surface area contributed by atoms with Crippen molar-refractivity contribution in [1.29, 1.82) is 0 Å². The molecule has 0 spiro atoms. The first-order valence-electron chi connectivity index (χ1n) is 4.93. The van der Waals surface area contributed by atoms with Crippen LogP contribution in [0, 0.1) is 5.41 Å². The summed E-state index contributed by atoms with van der Waals surface area (Å²) in [5.41, 5.74) is 0.552. The second-order valence-electron chi connectivity index (χ2n) is 4.36. The molecule has 2 fully saturated rings. The Hall–Kier alpha value is -0.0400. The van der Waals surface area contributed by atoms with Crippen molar-refractivity contribution in [2.75, 3.05) is 6.61 Å². The Kier molecular flexibility index (Phi) is 1.92. The Morgan fingerprint density at radius 3 is 3.00 bits per heavy atom. The SMILES string of the molecule is CC12CCCCCC1OCC2. The molecule has 1 saturated carbocycles. The standard InChI is InChI=1S/C10H18O/c1-10-6-4-2-3-5-9(10)11-8-7-10/h9H,2-8H2,1H3. The van der Waals surface area contributed by atoms with Gasteiger partial charge >= 0.3 is 0 Å². The van der Waals surface area contributed by atoms with Crippen LogP contribution in [0.4, 0.5) is 0 Å². The molecule has 1 aliphatic carbocycles. The molecule has 1 heteroatoms. The van der Waals surface area contributed by atoms with Gasteiger partial charge in [-0.05, 0) is 24.7 Å². The topological polar surface area (TPSA) is 9.23 Å². The smallest absolute Gasteiger partial charge is 0.0629 e. The van der Waals surface area contributed by atoms with Crippen LogP contribution in [-0.2, 0) is 4.74 Å². The summed E-state index contributed by atoms with van der Waals surface area (Å²) in [6.07, 6.45) is 8.86. The van der Waals surface area contributed by atoms with Gasteiger partial charge in [0.15, 0.2) is 0 Å². The summed E-state index contributed by atoms with van der Waals surface area (Å²) < 4.78 is 5.74. The van der Waals surface area contributed by atoms with Crippen molar-refractivity contribution in [2.45, 2.75) is 51.6 Å². The predicted molar refractivity (Wildman–Crippen MR) is 45.5 cm³/mol. The van der Waals surface area contributed by atoms with Gasteiger partial charge in [0.2, 0.25) is 0 Å². The zero-order chi connectivity index (χ0) is 7.73. The highest BCUT2D eigenvalue weighted by atomic mass is 16.5. The predicted octanol–water partition coefficient (Wildman–Crippen LogP) is 2.75. The maximum atomic E-state index is 5.74. The summed E-state index contributed by atoms with van der Waals surface area (Å²) in [4.78, 5) is 0. The highest BCUT2D eigenvalue weighted by Gasteiger charge is 2.39. The highest BCUT2D eigenvalue weighted by Crippen LogP contribution is 2.43. The third-order valence-corrected chi connectivity index (χ3v) is 3.48. The fraction of sp³-hybridized carbons (Fsp3) is 1.00. The van der Waals surface area contributed by atoms with Crippen molar-refractivity contribution in [2.24, 2.45) is 5.41 Å². The summed E-state index contributed by atoms with van der Waals surface area (Å²) in [7, 11) is 0. The average Bonchev–Trinajstić information content (AvgIpc) is 2.24. The number of fused-ring (bicyclic) bond motifs is 1. The summed E-state index contributed by atoms with van der Waals surface area (Å²) in [6, 6.07) is 0. The molecule has 0 amide bonds. The van der Waals surface area contributed by atoms with E-state index in [2.05, 4.69) is 6.92 Å². The molecule has 0 aromatic heterocycles. The quantitative estimate of drug-likeness (QED) is 0.521. The van der Waals surface area contributed by atoms with E-state index in [0.29, 0.717) is 11.5 Å². The molecule has 11 heavy (non-hydrogen) atoms. The molecule has 0 aromatic rings. The van der Waals surface area contributed by atoms with E-state index in [0.717, 1.165) is 6.61 Å². The molecule has 2 unspecified atom stereocenters. The molecule has 64 valence electrons. The minimum absolute atomic E-state index is 0.552. The monoisotopic (exact) mass is 154 g/mol. The van der Waals surface area contributed by atoms with Crippen molar-refractivity contribution in [1.82, 2.24) is 0 Å². The molecule has 0 bridgehead atoms. The molecule has 0 N–H and O–H groups in total. The number of hydrogen-bond acceptors (Lipinski definition) is 1. The van der Waals surface area contributed by atoms with Crippen LogP contribution >= 0.6 is 0 Å². The molecule has 2 atom stereocenters. The van der Waals surface area contributed by atoms with Gasteiger partial charge in [0.1, 0.15) is 0 Å². The number of rotatable bonds is 0. The summed E-state index contributed by atoms with van der Waals surface area (Å²) in [6.45, 7) is 3.43. The van der Waals surface area contributed by atoms with Crippen LogP contribution < -0.4 is 0 Å². The molecule has 1 nitrogen and oxygen atoms in total. The van der Waals surface area contributed by atoms with E-state index in [1.807, 2.05) is 0 Å². The van der Waals surface area contributed by atoms with Gasteiger partial charge in [0, 0.05) is 6.61 Å². The lowest BCUT2D eigenvalue weighted by atomic mass is 9.79. The average molecular weight is 154 g/mol. The van der Waals surface area contributed by atoms with Crippen molar-refractivity contribution >= 4 is 0 Å². The molecule has 2 aliphatic rings. The van der Waals surface area contributed by atoms with E-state index in [1.54, 1.807) is 0 Å². The lowest BCUT2D eigenvalue weighted by Crippen LogP contribution is -2.25. The van der Waals surface area contributed by atoms with E-state index < -0.39 is 0 Å². The molecule has 1 heterocycles. The Morgan fingerprint density at radius 2 is 2.09 bits per heavy atom. The lowest BCUT2D eigenvalue weighted by molar-refractivity contribution is 0.0514.